The van der Waals surface area contributed by atoms with Crippen molar-refractivity contribution in [2.45, 2.75) is 12.7 Å². The second-order valence-electron chi connectivity index (χ2n) is 5.11. The molecule has 5 nitrogen and oxygen atoms in total. The molecule has 0 bridgehead atoms. The first kappa shape index (κ1) is 17.5. The van der Waals surface area contributed by atoms with Gasteiger partial charge in [0, 0.05) is 11.6 Å². The van der Waals surface area contributed by atoms with Gasteiger partial charge in [-0.05, 0) is 29.8 Å². The molecule has 0 unspecified atom stereocenters. The zero-order chi connectivity index (χ0) is 18.2. The molecule has 0 fully saturated rings. The van der Waals surface area contributed by atoms with Gasteiger partial charge in [-0.1, -0.05) is 40.5 Å². The molecular weight excluding hydrogens is 380 g/mol. The maximum atomic E-state index is 12.8. The Bertz CT molecular complexity index is 956. The summed E-state index contributed by atoms with van der Waals surface area (Å²) in [6.45, 7) is 0.152. The van der Waals surface area contributed by atoms with Gasteiger partial charge in [-0.3, -0.25) is 0 Å². The first-order chi connectivity index (χ1) is 11.8. The van der Waals surface area contributed by atoms with Crippen LogP contribution in [-0.4, -0.2) is 21.0 Å². The molecule has 0 aliphatic heterocycles. The van der Waals surface area contributed by atoms with Gasteiger partial charge in [0.25, 0.3) is 0 Å². The van der Waals surface area contributed by atoms with E-state index in [1.54, 1.807) is 24.3 Å². The highest BCUT2D eigenvalue weighted by atomic mass is 35.5. The van der Waals surface area contributed by atoms with Gasteiger partial charge in [0.15, 0.2) is 0 Å². The molecule has 0 aliphatic rings. The Morgan fingerprint density at radius 3 is 2.64 bits per heavy atom. The van der Waals surface area contributed by atoms with Gasteiger partial charge >= 0.3 is 12.2 Å². The number of aromatic nitrogens is 3. The predicted molar refractivity (Wildman–Crippen MR) is 86.6 cm³/mol. The fourth-order valence-corrected chi connectivity index (χ4v) is 2.72. The van der Waals surface area contributed by atoms with Gasteiger partial charge in [0.05, 0.1) is 10.6 Å². The molecule has 0 aliphatic carbocycles. The second kappa shape index (κ2) is 6.53. The van der Waals surface area contributed by atoms with Crippen molar-refractivity contribution in [1.29, 1.82) is 0 Å². The summed E-state index contributed by atoms with van der Waals surface area (Å²) in [5, 5.41) is 9.99. The number of nitrogens with zero attached hydrogens (tertiary/aromatic N) is 3. The maximum absolute atomic E-state index is 12.8. The van der Waals surface area contributed by atoms with Crippen molar-refractivity contribution in [3.05, 3.63) is 57.6 Å². The van der Waals surface area contributed by atoms with Crippen LogP contribution in [0, 0.1) is 0 Å². The topological polar surface area (TPSA) is 59.8 Å². The SMILES string of the molecule is O=C(NCc1cccc(Cl)c1)n1nnc2cc(C(F)(F)F)cc(Cl)c21. The first-order valence-corrected chi connectivity index (χ1v) is 7.66. The van der Waals surface area contributed by atoms with Crippen LogP contribution in [0.15, 0.2) is 36.4 Å². The number of halogens is 5. The van der Waals surface area contributed by atoms with Crippen molar-refractivity contribution in [3.63, 3.8) is 0 Å². The summed E-state index contributed by atoms with van der Waals surface area (Å²) in [7, 11) is 0. The van der Waals surface area contributed by atoms with E-state index in [9.17, 15) is 18.0 Å². The van der Waals surface area contributed by atoms with Crippen molar-refractivity contribution < 1.29 is 18.0 Å². The Kier molecular flexibility index (Phi) is 4.57. The molecule has 0 radical (unpaired) electrons. The Morgan fingerprint density at radius 2 is 1.96 bits per heavy atom. The van der Waals surface area contributed by atoms with Crippen LogP contribution in [0.2, 0.25) is 10.0 Å². The third-order valence-electron chi connectivity index (χ3n) is 3.35. The van der Waals surface area contributed by atoms with Crippen LogP contribution in [0.4, 0.5) is 18.0 Å². The fraction of sp³-hybridized carbons (Fsp3) is 0.133. The molecule has 2 aromatic carbocycles. The van der Waals surface area contributed by atoms with E-state index < -0.39 is 17.8 Å². The Labute approximate surface area is 149 Å². The second-order valence-corrected chi connectivity index (χ2v) is 5.96. The number of carbonyl (C=O) groups is 1. The summed E-state index contributed by atoms with van der Waals surface area (Å²) in [6.07, 6.45) is -4.57. The number of benzene rings is 2. The minimum absolute atomic E-state index is 0.00161. The third kappa shape index (κ3) is 3.69. The molecule has 0 saturated heterocycles. The average molecular weight is 389 g/mol. The zero-order valence-corrected chi connectivity index (χ0v) is 13.8. The van der Waals surface area contributed by atoms with Crippen LogP contribution < -0.4 is 5.32 Å². The first-order valence-electron chi connectivity index (χ1n) is 6.90. The Hall–Kier alpha value is -2.32. The van der Waals surface area contributed by atoms with Crippen LogP contribution in [-0.2, 0) is 12.7 Å². The van der Waals surface area contributed by atoms with E-state index in [1.165, 1.54) is 0 Å². The lowest BCUT2D eigenvalue weighted by atomic mass is 10.2. The molecule has 1 aromatic heterocycles. The molecule has 130 valence electrons. The molecule has 1 heterocycles. The molecule has 10 heteroatoms. The molecule has 25 heavy (non-hydrogen) atoms. The van der Waals surface area contributed by atoms with Crippen LogP contribution in [0.25, 0.3) is 11.0 Å². The number of amides is 1. The highest BCUT2D eigenvalue weighted by Gasteiger charge is 2.32. The van der Waals surface area contributed by atoms with Gasteiger partial charge in [-0.25, -0.2) is 4.79 Å². The highest BCUT2D eigenvalue weighted by molar-refractivity contribution is 6.35. The van der Waals surface area contributed by atoms with Gasteiger partial charge in [0.1, 0.15) is 11.0 Å². The Morgan fingerprint density at radius 1 is 1.20 bits per heavy atom. The van der Waals surface area contributed by atoms with E-state index in [0.717, 1.165) is 22.4 Å². The smallest absolute Gasteiger partial charge is 0.332 e. The number of alkyl halides is 3. The number of carbonyl (C=O) groups excluding carboxylic acids is 1. The molecule has 3 rings (SSSR count). The largest absolute Gasteiger partial charge is 0.416 e. The highest BCUT2D eigenvalue weighted by Crippen LogP contribution is 2.34. The average Bonchev–Trinajstić information content (AvgIpc) is 2.96. The number of nitrogens with one attached hydrogen (secondary N) is 1. The summed E-state index contributed by atoms with van der Waals surface area (Å²) in [4.78, 5) is 12.2. The van der Waals surface area contributed by atoms with E-state index in [0.29, 0.717) is 5.02 Å². The molecule has 0 spiro atoms. The third-order valence-corrected chi connectivity index (χ3v) is 3.87. The minimum atomic E-state index is -4.57. The molecule has 1 amide bonds. The lowest BCUT2D eigenvalue weighted by Crippen LogP contribution is -2.29. The van der Waals surface area contributed by atoms with Crippen molar-refractivity contribution in [2.24, 2.45) is 0 Å². The predicted octanol–water partition coefficient (Wildman–Crippen LogP) is 4.51. The van der Waals surface area contributed by atoms with E-state index in [-0.39, 0.29) is 22.6 Å². The van der Waals surface area contributed by atoms with Crippen LogP contribution in [0.5, 0.6) is 0 Å². The van der Waals surface area contributed by atoms with Crippen LogP contribution in [0.3, 0.4) is 0 Å². The van der Waals surface area contributed by atoms with Crippen molar-refractivity contribution in [2.75, 3.05) is 0 Å². The summed E-state index contributed by atoms with van der Waals surface area (Å²) >= 11 is 11.8. The van der Waals surface area contributed by atoms with Crippen molar-refractivity contribution in [1.82, 2.24) is 20.3 Å². The van der Waals surface area contributed by atoms with Crippen molar-refractivity contribution in [3.8, 4) is 0 Å². The number of hydrogen-bond donors (Lipinski definition) is 1. The summed E-state index contributed by atoms with van der Waals surface area (Å²) < 4.78 is 39.2. The normalized spacial score (nSPS) is 11.7. The van der Waals surface area contributed by atoms with Crippen LogP contribution >= 0.6 is 23.2 Å². The lowest BCUT2D eigenvalue weighted by molar-refractivity contribution is -0.137. The van der Waals surface area contributed by atoms with Crippen molar-refractivity contribution >= 4 is 40.3 Å². The van der Waals surface area contributed by atoms with Gasteiger partial charge < -0.3 is 5.32 Å². The maximum Gasteiger partial charge on any atom is 0.416 e. The quantitative estimate of drug-likeness (QED) is 0.702. The molecular formula is C15H9Cl2F3N4O. The lowest BCUT2D eigenvalue weighted by Gasteiger charge is -2.08. The van der Waals surface area contributed by atoms with Gasteiger partial charge in [-0.15, -0.1) is 5.10 Å². The molecule has 3 aromatic rings. The number of fused-ring (bicyclic) bond motifs is 1. The molecule has 1 N–H and O–H groups in total. The van der Waals surface area contributed by atoms with Gasteiger partial charge in [-0.2, -0.15) is 17.9 Å². The van der Waals surface area contributed by atoms with E-state index in [4.69, 9.17) is 23.2 Å². The van der Waals surface area contributed by atoms with E-state index >= 15 is 0 Å². The Balaban J connectivity index is 1.87. The molecule has 0 atom stereocenters. The minimum Gasteiger partial charge on any atom is -0.332 e. The van der Waals surface area contributed by atoms with E-state index in [1.807, 2.05) is 0 Å². The van der Waals surface area contributed by atoms with E-state index in [2.05, 4.69) is 15.6 Å². The standard InChI is InChI=1S/C15H9Cl2F3N4O/c16-10-3-1-2-8(4-10)7-21-14(25)24-13-11(17)5-9(15(18,19)20)6-12(13)22-23-24/h1-6H,7H2,(H,21,25). The summed E-state index contributed by atoms with van der Waals surface area (Å²) in [6, 6.07) is 7.69. The molecule has 0 saturated carbocycles. The van der Waals surface area contributed by atoms with Gasteiger partial charge in [0.2, 0.25) is 0 Å². The monoisotopic (exact) mass is 388 g/mol. The number of rotatable bonds is 2. The summed E-state index contributed by atoms with van der Waals surface area (Å²) in [5.41, 5.74) is -0.344. The fourth-order valence-electron chi connectivity index (χ4n) is 2.21. The van der Waals surface area contributed by atoms with Crippen LogP contribution in [0.1, 0.15) is 11.1 Å². The zero-order valence-electron chi connectivity index (χ0n) is 12.3. The number of hydrogen-bond acceptors (Lipinski definition) is 3. The summed E-state index contributed by atoms with van der Waals surface area (Å²) in [5.74, 6) is 0.